The second kappa shape index (κ2) is 9.90. The van der Waals surface area contributed by atoms with Gasteiger partial charge in [0.05, 0.1) is 28.2 Å². The number of carbonyl (C=O) groups excluding carboxylic acids is 2. The maximum Gasteiger partial charge on any atom is 0.255 e. The van der Waals surface area contributed by atoms with Gasteiger partial charge >= 0.3 is 0 Å². The Morgan fingerprint density at radius 1 is 1.22 bits per heavy atom. The number of hydrogen-bond donors (Lipinski definition) is 3. The highest BCUT2D eigenvalue weighted by Gasteiger charge is 2.25. The molecule has 32 heavy (non-hydrogen) atoms. The largest absolute Gasteiger partial charge is 0.345 e. The van der Waals surface area contributed by atoms with Gasteiger partial charge in [-0.15, -0.1) is 0 Å². The Kier molecular flexibility index (Phi) is 6.98. The summed E-state index contributed by atoms with van der Waals surface area (Å²) in [6.07, 6.45) is 2.96. The van der Waals surface area contributed by atoms with Crippen LogP contribution in [0.3, 0.4) is 0 Å². The lowest BCUT2D eigenvalue weighted by molar-refractivity contribution is 0.0669. The van der Waals surface area contributed by atoms with Gasteiger partial charge in [0, 0.05) is 23.7 Å². The first-order valence-corrected chi connectivity index (χ1v) is 11.4. The van der Waals surface area contributed by atoms with Crippen LogP contribution in [0.1, 0.15) is 45.8 Å². The zero-order valence-corrected chi connectivity index (χ0v) is 19.0. The summed E-state index contributed by atoms with van der Waals surface area (Å²) in [4.78, 5) is 35.0. The van der Waals surface area contributed by atoms with Crippen molar-refractivity contribution in [1.29, 1.82) is 0 Å². The van der Waals surface area contributed by atoms with Crippen LogP contribution in [0, 0.1) is 5.92 Å². The SMILES string of the molecule is NCCC1CCCN(C(=O)c2ccc(C(=O)NCc3nc4ccc(Cl)cc4[nH]3)cc2Cl)C1. The van der Waals surface area contributed by atoms with Gasteiger partial charge in [-0.3, -0.25) is 9.59 Å². The average molecular weight is 474 g/mol. The number of piperidine rings is 1. The highest BCUT2D eigenvalue weighted by molar-refractivity contribution is 6.34. The number of imidazole rings is 1. The first-order chi connectivity index (χ1) is 15.4. The van der Waals surface area contributed by atoms with Gasteiger partial charge in [-0.05, 0) is 68.1 Å². The summed E-state index contributed by atoms with van der Waals surface area (Å²) in [5, 5.41) is 3.70. The number of rotatable bonds is 6. The number of hydrogen-bond acceptors (Lipinski definition) is 4. The van der Waals surface area contributed by atoms with Crippen molar-refractivity contribution >= 4 is 46.0 Å². The molecule has 3 aromatic rings. The molecule has 2 amide bonds. The van der Waals surface area contributed by atoms with E-state index < -0.39 is 0 Å². The fraction of sp³-hybridized carbons (Fsp3) is 0.348. The van der Waals surface area contributed by atoms with Gasteiger partial charge in [-0.2, -0.15) is 0 Å². The van der Waals surface area contributed by atoms with E-state index in [1.807, 2.05) is 11.0 Å². The molecule has 4 rings (SSSR count). The summed E-state index contributed by atoms with van der Waals surface area (Å²) in [5.74, 6) is 0.636. The van der Waals surface area contributed by atoms with Gasteiger partial charge in [-0.1, -0.05) is 23.2 Å². The van der Waals surface area contributed by atoms with Crippen LogP contribution in [0.25, 0.3) is 11.0 Å². The van der Waals surface area contributed by atoms with Crippen molar-refractivity contribution in [3.05, 3.63) is 63.4 Å². The van der Waals surface area contributed by atoms with Gasteiger partial charge in [0.1, 0.15) is 5.82 Å². The molecule has 9 heteroatoms. The molecule has 0 bridgehead atoms. The van der Waals surface area contributed by atoms with Gasteiger partial charge in [0.2, 0.25) is 0 Å². The van der Waals surface area contributed by atoms with E-state index in [-0.39, 0.29) is 23.4 Å². The molecule has 0 radical (unpaired) electrons. The van der Waals surface area contributed by atoms with Crippen LogP contribution in [0.2, 0.25) is 10.0 Å². The van der Waals surface area contributed by atoms with E-state index >= 15 is 0 Å². The molecule has 168 valence electrons. The Morgan fingerprint density at radius 3 is 2.84 bits per heavy atom. The number of likely N-dealkylation sites (tertiary alicyclic amines) is 1. The fourth-order valence-electron chi connectivity index (χ4n) is 4.11. The number of nitrogens with one attached hydrogen (secondary N) is 2. The number of H-pyrrole nitrogens is 1. The van der Waals surface area contributed by atoms with E-state index in [0.29, 0.717) is 47.5 Å². The molecule has 1 saturated heterocycles. The normalized spacial score (nSPS) is 16.3. The summed E-state index contributed by atoms with van der Waals surface area (Å²) >= 11 is 12.4. The Hall–Kier alpha value is -2.61. The number of nitrogens with two attached hydrogens (primary N) is 1. The molecule has 2 aromatic carbocycles. The molecule has 1 fully saturated rings. The predicted octanol–water partition coefficient (Wildman–Crippen LogP) is 4.00. The molecule has 4 N–H and O–H groups in total. The molecule has 1 aliphatic heterocycles. The number of halogens is 2. The lowest BCUT2D eigenvalue weighted by atomic mass is 9.94. The van der Waals surface area contributed by atoms with Crippen molar-refractivity contribution in [2.45, 2.75) is 25.8 Å². The molecule has 1 unspecified atom stereocenters. The first kappa shape index (κ1) is 22.6. The van der Waals surface area contributed by atoms with E-state index in [1.54, 1.807) is 24.3 Å². The Morgan fingerprint density at radius 2 is 2.06 bits per heavy atom. The zero-order chi connectivity index (χ0) is 22.7. The van der Waals surface area contributed by atoms with Crippen LogP contribution in [-0.4, -0.2) is 46.3 Å². The third-order valence-electron chi connectivity index (χ3n) is 5.75. The smallest absolute Gasteiger partial charge is 0.255 e. The molecule has 7 nitrogen and oxygen atoms in total. The van der Waals surface area contributed by atoms with Crippen LogP contribution >= 0.6 is 23.2 Å². The number of carbonyl (C=O) groups is 2. The standard InChI is InChI=1S/C23H25Cl2N5O2/c24-16-4-6-19-20(11-16)29-21(28-19)12-27-22(31)15-3-5-17(18(25)10-15)23(32)30-9-1-2-14(13-30)7-8-26/h3-6,10-11,14H,1-2,7-9,12-13,26H2,(H,27,31)(H,28,29). The molecular weight excluding hydrogens is 449 g/mol. The minimum atomic E-state index is -0.301. The number of aromatic nitrogens is 2. The maximum absolute atomic E-state index is 13.0. The van der Waals surface area contributed by atoms with Crippen LogP contribution in [0.4, 0.5) is 0 Å². The monoisotopic (exact) mass is 473 g/mol. The van der Waals surface area contributed by atoms with E-state index in [9.17, 15) is 9.59 Å². The van der Waals surface area contributed by atoms with Gasteiger partial charge in [0.25, 0.3) is 11.8 Å². The number of benzene rings is 2. The topological polar surface area (TPSA) is 104 Å². The number of amides is 2. The molecule has 1 atom stereocenters. The lowest BCUT2D eigenvalue weighted by Crippen LogP contribution is -2.40. The van der Waals surface area contributed by atoms with Crippen LogP contribution < -0.4 is 11.1 Å². The maximum atomic E-state index is 13.0. The van der Waals surface area contributed by atoms with Crippen molar-refractivity contribution in [1.82, 2.24) is 20.2 Å². The third kappa shape index (κ3) is 5.06. The quantitative estimate of drug-likeness (QED) is 0.502. The summed E-state index contributed by atoms with van der Waals surface area (Å²) in [6, 6.07) is 10.1. The van der Waals surface area contributed by atoms with Crippen molar-refractivity contribution in [3.63, 3.8) is 0 Å². The van der Waals surface area contributed by atoms with Crippen molar-refractivity contribution < 1.29 is 9.59 Å². The van der Waals surface area contributed by atoms with Crippen LogP contribution in [0.15, 0.2) is 36.4 Å². The lowest BCUT2D eigenvalue weighted by Gasteiger charge is -2.33. The van der Waals surface area contributed by atoms with E-state index in [2.05, 4.69) is 15.3 Å². The molecule has 0 aliphatic carbocycles. The minimum absolute atomic E-state index is 0.107. The molecule has 1 aliphatic rings. The molecular formula is C23H25Cl2N5O2. The van der Waals surface area contributed by atoms with Gasteiger partial charge in [0.15, 0.2) is 0 Å². The number of nitrogens with zero attached hydrogens (tertiary/aromatic N) is 2. The minimum Gasteiger partial charge on any atom is -0.345 e. The second-order valence-electron chi connectivity index (χ2n) is 8.06. The van der Waals surface area contributed by atoms with E-state index in [0.717, 1.165) is 30.3 Å². The predicted molar refractivity (Wildman–Crippen MR) is 126 cm³/mol. The Bertz CT molecular complexity index is 1140. The van der Waals surface area contributed by atoms with Gasteiger partial charge < -0.3 is 20.9 Å². The van der Waals surface area contributed by atoms with E-state index in [1.165, 1.54) is 6.07 Å². The molecule has 1 aromatic heterocycles. The zero-order valence-electron chi connectivity index (χ0n) is 17.5. The third-order valence-corrected chi connectivity index (χ3v) is 6.30. The van der Waals surface area contributed by atoms with E-state index in [4.69, 9.17) is 28.9 Å². The molecule has 0 spiro atoms. The van der Waals surface area contributed by atoms with Crippen LogP contribution in [0.5, 0.6) is 0 Å². The second-order valence-corrected chi connectivity index (χ2v) is 8.90. The first-order valence-electron chi connectivity index (χ1n) is 10.7. The molecule has 2 heterocycles. The summed E-state index contributed by atoms with van der Waals surface area (Å²) in [6.45, 7) is 2.25. The number of aromatic amines is 1. The Labute approximate surface area is 196 Å². The number of fused-ring (bicyclic) bond motifs is 1. The average Bonchev–Trinajstić information content (AvgIpc) is 3.19. The highest BCUT2D eigenvalue weighted by atomic mass is 35.5. The molecule has 0 saturated carbocycles. The highest BCUT2D eigenvalue weighted by Crippen LogP contribution is 2.25. The van der Waals surface area contributed by atoms with Crippen molar-refractivity contribution in [2.24, 2.45) is 11.7 Å². The van der Waals surface area contributed by atoms with Crippen LogP contribution in [-0.2, 0) is 6.54 Å². The van der Waals surface area contributed by atoms with Crippen molar-refractivity contribution in [2.75, 3.05) is 19.6 Å². The summed E-state index contributed by atoms with van der Waals surface area (Å²) < 4.78 is 0. The van der Waals surface area contributed by atoms with Crippen molar-refractivity contribution in [3.8, 4) is 0 Å². The fourth-order valence-corrected chi connectivity index (χ4v) is 4.54. The summed E-state index contributed by atoms with van der Waals surface area (Å²) in [7, 11) is 0. The summed E-state index contributed by atoms with van der Waals surface area (Å²) in [5.41, 5.74) is 8.04. The Balaban J connectivity index is 1.40. The van der Waals surface area contributed by atoms with Gasteiger partial charge in [-0.25, -0.2) is 4.98 Å².